The number of hydrogen-bond donors (Lipinski definition) is 2. The van der Waals surface area contributed by atoms with Gasteiger partial charge in [-0.2, -0.15) is 0 Å². The Balaban J connectivity index is 0. The molecule has 0 amide bonds. The van der Waals surface area contributed by atoms with Crippen molar-refractivity contribution in [3.05, 3.63) is 19.6 Å². The molecule has 4 saturated carbocycles. The molecule has 4 aliphatic carbocycles. The van der Waals surface area contributed by atoms with Crippen molar-refractivity contribution in [1.82, 2.24) is 0 Å². The van der Waals surface area contributed by atoms with Crippen LogP contribution in [0.25, 0.3) is 0 Å². The van der Waals surface area contributed by atoms with Crippen molar-refractivity contribution < 1.29 is 57.7 Å². The Labute approximate surface area is 337 Å². The SMILES string of the molecule is CC(CC(=O)O)C1CCCCC1.CC(CC(=O)O)C1CCCCC1.CCOC(=O)C=CC1CCCCC1.CCOC(=O)CC(C)C1CCCCC1.[CH3-].[Li+]. The molecule has 0 aromatic heterocycles. The minimum Gasteiger partial charge on any atom is -0.481 e. The first kappa shape index (κ1) is 53.3. The zero-order valence-electron chi connectivity index (χ0n) is 35.2. The Morgan fingerprint density at radius 2 is 0.868 bits per heavy atom. The molecule has 0 heterocycles. The second kappa shape index (κ2) is 33.5. The number of carbonyl (C=O) groups excluding carboxylic acids is 2. The number of hydrogen-bond acceptors (Lipinski definition) is 6. The van der Waals surface area contributed by atoms with Crippen LogP contribution in [0.3, 0.4) is 0 Å². The van der Waals surface area contributed by atoms with Crippen LogP contribution in [0.15, 0.2) is 12.2 Å². The van der Waals surface area contributed by atoms with Gasteiger partial charge in [-0.1, -0.05) is 142 Å². The molecule has 0 radical (unpaired) electrons. The second-order valence-electron chi connectivity index (χ2n) is 15.8. The molecule has 3 unspecified atom stereocenters. The van der Waals surface area contributed by atoms with Crippen LogP contribution >= 0.6 is 0 Å². The number of carbonyl (C=O) groups is 4. The first-order valence-electron chi connectivity index (χ1n) is 20.9. The van der Waals surface area contributed by atoms with Crippen LogP contribution in [-0.2, 0) is 28.7 Å². The first-order chi connectivity index (χ1) is 24.5. The van der Waals surface area contributed by atoms with Crippen LogP contribution in [0.4, 0.5) is 0 Å². The summed E-state index contributed by atoms with van der Waals surface area (Å²) >= 11 is 0. The molecule has 0 bridgehead atoms. The first-order valence-corrected chi connectivity index (χ1v) is 20.9. The normalized spacial score (nSPS) is 20.1. The van der Waals surface area contributed by atoms with Crippen molar-refractivity contribution in [2.75, 3.05) is 13.2 Å². The summed E-state index contributed by atoms with van der Waals surface area (Å²) in [4.78, 5) is 43.2. The largest absolute Gasteiger partial charge is 1.00 e. The Kier molecular flexibility index (Phi) is 33.7. The minimum atomic E-state index is -0.645. The molecule has 3 atom stereocenters. The van der Waals surface area contributed by atoms with E-state index in [0.717, 1.165) is 5.92 Å². The molecular formula is C44H79LiO8. The van der Waals surface area contributed by atoms with E-state index in [2.05, 4.69) is 20.8 Å². The molecule has 2 N–H and O–H groups in total. The number of allylic oxidation sites excluding steroid dienone is 1. The number of aliphatic carboxylic acids is 2. The maximum atomic E-state index is 11.3. The van der Waals surface area contributed by atoms with Gasteiger partial charge in [0.2, 0.25) is 0 Å². The molecule has 53 heavy (non-hydrogen) atoms. The quantitative estimate of drug-likeness (QED) is 0.0831. The predicted octanol–water partition coefficient (Wildman–Crippen LogP) is 8.65. The number of carboxylic acids is 2. The summed E-state index contributed by atoms with van der Waals surface area (Å²) in [6, 6.07) is 0. The van der Waals surface area contributed by atoms with Crippen molar-refractivity contribution in [3.8, 4) is 0 Å². The zero-order valence-corrected chi connectivity index (χ0v) is 35.2. The standard InChI is InChI=1S/C12H22O2.C11H18O2.2C10H18O2.CH3.Li/c1-3-14-12(13)9-10(2)11-7-5-4-6-8-11;1-2-13-11(12)9-8-10-6-4-3-5-7-10;2*1-8(7-10(11)12)9-5-3-2-4-6-9;;/h10-11H,3-9H2,1-2H3;8-10H,2-7H2,1H3;2*8-9H,2-7H2,1H3,(H,11,12);1H3;/q;;;;-1;+1. The number of carboxylic acid groups (broad SMARTS) is 2. The number of esters is 2. The summed E-state index contributed by atoms with van der Waals surface area (Å²) in [6.45, 7) is 11.0. The number of ether oxygens (including phenoxy) is 2. The molecule has 0 spiro atoms. The third kappa shape index (κ3) is 27.4. The third-order valence-electron chi connectivity index (χ3n) is 11.6. The van der Waals surface area contributed by atoms with Gasteiger partial charge < -0.3 is 27.1 Å². The summed E-state index contributed by atoms with van der Waals surface area (Å²) in [5, 5.41) is 17.2. The second-order valence-corrected chi connectivity index (χ2v) is 15.8. The van der Waals surface area contributed by atoms with E-state index in [1.807, 2.05) is 19.9 Å². The summed E-state index contributed by atoms with van der Waals surface area (Å²) in [5.41, 5.74) is 0. The van der Waals surface area contributed by atoms with Crippen molar-refractivity contribution in [2.45, 2.75) is 182 Å². The van der Waals surface area contributed by atoms with E-state index in [0.29, 0.717) is 68.0 Å². The van der Waals surface area contributed by atoms with Crippen LogP contribution in [0.5, 0.6) is 0 Å². The van der Waals surface area contributed by atoms with E-state index < -0.39 is 11.9 Å². The van der Waals surface area contributed by atoms with Crippen molar-refractivity contribution >= 4 is 23.9 Å². The van der Waals surface area contributed by atoms with Gasteiger partial charge in [0.15, 0.2) is 0 Å². The third-order valence-corrected chi connectivity index (χ3v) is 11.6. The fourth-order valence-electron chi connectivity index (χ4n) is 8.37. The van der Waals surface area contributed by atoms with Crippen molar-refractivity contribution in [2.24, 2.45) is 41.4 Å². The molecule has 0 saturated heterocycles. The smallest absolute Gasteiger partial charge is 0.481 e. The molecule has 8 nitrogen and oxygen atoms in total. The van der Waals surface area contributed by atoms with E-state index in [9.17, 15) is 19.2 Å². The van der Waals surface area contributed by atoms with Gasteiger partial charge >= 0.3 is 42.7 Å². The molecule has 0 aliphatic heterocycles. The fraction of sp³-hybridized carbons (Fsp3) is 0.841. The number of rotatable bonds is 13. The monoisotopic (exact) mass is 743 g/mol. The maximum absolute atomic E-state index is 11.3. The van der Waals surface area contributed by atoms with Gasteiger partial charge in [0, 0.05) is 25.3 Å². The van der Waals surface area contributed by atoms with E-state index in [-0.39, 0.29) is 38.2 Å². The van der Waals surface area contributed by atoms with Gasteiger partial charge in [0.25, 0.3) is 0 Å². The minimum absolute atomic E-state index is 0. The van der Waals surface area contributed by atoms with E-state index in [1.165, 1.54) is 128 Å². The van der Waals surface area contributed by atoms with Gasteiger partial charge in [0.05, 0.1) is 13.2 Å². The van der Waals surface area contributed by atoms with Gasteiger partial charge in [-0.3, -0.25) is 14.4 Å². The maximum Gasteiger partial charge on any atom is 1.00 e. The molecular weight excluding hydrogens is 663 g/mol. The summed E-state index contributed by atoms with van der Waals surface area (Å²) in [5.74, 6) is 2.47. The van der Waals surface area contributed by atoms with Gasteiger partial charge in [0.1, 0.15) is 0 Å². The Morgan fingerprint density at radius 3 is 1.19 bits per heavy atom. The Morgan fingerprint density at radius 1 is 0.547 bits per heavy atom. The van der Waals surface area contributed by atoms with Crippen molar-refractivity contribution in [3.63, 3.8) is 0 Å². The summed E-state index contributed by atoms with van der Waals surface area (Å²) in [7, 11) is 0. The average molecular weight is 743 g/mol. The predicted molar refractivity (Wildman–Crippen MR) is 212 cm³/mol. The topological polar surface area (TPSA) is 127 Å². The zero-order chi connectivity index (χ0) is 37.9. The average Bonchev–Trinajstić information content (AvgIpc) is 3.13. The van der Waals surface area contributed by atoms with Gasteiger partial charge in [-0.25, -0.2) is 4.79 Å². The molecule has 4 rings (SSSR count). The summed E-state index contributed by atoms with van der Waals surface area (Å²) in [6.07, 6.45) is 30.9. The van der Waals surface area contributed by atoms with Crippen LogP contribution in [0, 0.1) is 48.9 Å². The Hall–Kier alpha value is -1.78. The van der Waals surface area contributed by atoms with Crippen LogP contribution in [-0.4, -0.2) is 47.3 Å². The van der Waals surface area contributed by atoms with E-state index in [1.54, 1.807) is 6.08 Å². The van der Waals surface area contributed by atoms with Gasteiger partial charge in [-0.15, -0.1) is 0 Å². The summed E-state index contributed by atoms with van der Waals surface area (Å²) < 4.78 is 9.77. The van der Waals surface area contributed by atoms with E-state index in [4.69, 9.17) is 19.7 Å². The molecule has 4 aliphatic rings. The van der Waals surface area contributed by atoms with Crippen LogP contribution in [0.2, 0.25) is 0 Å². The molecule has 0 aromatic rings. The van der Waals surface area contributed by atoms with Crippen LogP contribution in [0.1, 0.15) is 182 Å². The van der Waals surface area contributed by atoms with E-state index >= 15 is 0 Å². The fourth-order valence-corrected chi connectivity index (χ4v) is 8.37. The molecule has 9 heteroatoms. The Bertz CT molecular complexity index is 924. The van der Waals surface area contributed by atoms with Crippen molar-refractivity contribution in [1.29, 1.82) is 0 Å². The molecule has 304 valence electrons. The van der Waals surface area contributed by atoms with Crippen LogP contribution < -0.4 is 18.9 Å². The molecule has 0 aromatic carbocycles. The molecule has 4 fully saturated rings. The van der Waals surface area contributed by atoms with Gasteiger partial charge in [-0.05, 0) is 68.1 Å².